The lowest BCUT2D eigenvalue weighted by Crippen LogP contribution is -2.07. The minimum absolute atomic E-state index is 0.301. The third kappa shape index (κ3) is 3.89. The maximum Gasteiger partial charge on any atom is 0.339 e. The van der Waals surface area contributed by atoms with Crippen molar-refractivity contribution >= 4 is 24.0 Å². The first kappa shape index (κ1) is 13.8. The van der Waals surface area contributed by atoms with Crippen LogP contribution in [0.4, 0.5) is 0 Å². The zero-order valence-corrected chi connectivity index (χ0v) is 10.9. The van der Waals surface area contributed by atoms with Crippen LogP contribution in [-0.4, -0.2) is 25.1 Å². The van der Waals surface area contributed by atoms with Gasteiger partial charge in [0.2, 0.25) is 0 Å². The molecular weight excluding hydrogens is 236 g/mol. The highest BCUT2D eigenvalue weighted by Crippen LogP contribution is 2.23. The van der Waals surface area contributed by atoms with Crippen LogP contribution in [0.25, 0.3) is 0 Å². The van der Waals surface area contributed by atoms with Gasteiger partial charge in [0.25, 0.3) is 0 Å². The third-order valence-electron chi connectivity index (χ3n) is 2.31. The average molecular weight is 252 g/mol. The number of esters is 1. The van der Waals surface area contributed by atoms with Gasteiger partial charge in [-0.1, -0.05) is 6.07 Å². The molecule has 0 aliphatic heterocycles. The fourth-order valence-corrected chi connectivity index (χ4v) is 2.07. The van der Waals surface area contributed by atoms with Crippen LogP contribution in [0.1, 0.15) is 29.3 Å². The normalized spacial score (nSPS) is 10.0. The van der Waals surface area contributed by atoms with Gasteiger partial charge in [-0.2, -0.15) is 0 Å². The molecule has 4 heteroatoms. The highest BCUT2D eigenvalue weighted by molar-refractivity contribution is 7.98. The van der Waals surface area contributed by atoms with Crippen molar-refractivity contribution < 1.29 is 14.3 Å². The first-order chi connectivity index (χ1) is 8.22. The molecule has 0 saturated heterocycles. The second-order valence-electron chi connectivity index (χ2n) is 3.46. The van der Waals surface area contributed by atoms with Crippen LogP contribution in [0.15, 0.2) is 23.1 Å². The number of aryl methyl sites for hydroxylation is 1. The van der Waals surface area contributed by atoms with E-state index in [1.54, 1.807) is 6.92 Å². The summed E-state index contributed by atoms with van der Waals surface area (Å²) < 4.78 is 5.01. The molecule has 0 amide bonds. The van der Waals surface area contributed by atoms with Gasteiger partial charge in [0.05, 0.1) is 12.2 Å². The number of carbonyl (C=O) groups is 2. The summed E-state index contributed by atoms with van der Waals surface area (Å²) in [4.78, 5) is 23.0. The Bertz CT molecular complexity index is 402. The van der Waals surface area contributed by atoms with Gasteiger partial charge in [0.1, 0.15) is 6.29 Å². The number of aldehydes is 1. The summed E-state index contributed by atoms with van der Waals surface area (Å²) in [7, 11) is 0. The highest BCUT2D eigenvalue weighted by Gasteiger charge is 2.12. The first-order valence-electron chi connectivity index (χ1n) is 5.50. The summed E-state index contributed by atoms with van der Waals surface area (Å²) >= 11 is 1.51. The van der Waals surface area contributed by atoms with Crippen molar-refractivity contribution in [2.75, 3.05) is 12.9 Å². The second-order valence-corrected chi connectivity index (χ2v) is 4.31. The van der Waals surface area contributed by atoms with E-state index in [0.29, 0.717) is 25.0 Å². The van der Waals surface area contributed by atoms with E-state index in [0.717, 1.165) is 16.7 Å². The van der Waals surface area contributed by atoms with Gasteiger partial charge in [0.15, 0.2) is 0 Å². The molecule has 92 valence electrons. The van der Waals surface area contributed by atoms with Crippen molar-refractivity contribution in [1.82, 2.24) is 0 Å². The fraction of sp³-hybridized carbons (Fsp3) is 0.385. The molecule has 0 bridgehead atoms. The Morgan fingerprint density at radius 3 is 2.82 bits per heavy atom. The maximum atomic E-state index is 11.7. The standard InChI is InChI=1S/C13H16O3S/c1-3-16-13(15)11-9-10(5-4-8-14)6-7-12(11)17-2/h6-9H,3-5H2,1-2H3. The number of ether oxygens (including phenoxy) is 1. The molecule has 0 aromatic heterocycles. The van der Waals surface area contributed by atoms with E-state index in [1.165, 1.54) is 11.8 Å². The monoisotopic (exact) mass is 252 g/mol. The third-order valence-corrected chi connectivity index (χ3v) is 3.11. The number of thioether (sulfide) groups is 1. The molecule has 0 fully saturated rings. The fourth-order valence-electron chi connectivity index (χ4n) is 1.50. The zero-order chi connectivity index (χ0) is 12.7. The van der Waals surface area contributed by atoms with E-state index >= 15 is 0 Å². The van der Waals surface area contributed by atoms with Crippen LogP contribution in [0.3, 0.4) is 0 Å². The predicted octanol–water partition coefficient (Wildman–Crippen LogP) is 2.72. The topological polar surface area (TPSA) is 43.4 Å². The number of hydrogen-bond acceptors (Lipinski definition) is 4. The molecule has 0 spiro atoms. The molecule has 1 aromatic rings. The molecule has 1 aromatic carbocycles. The van der Waals surface area contributed by atoms with E-state index in [1.807, 2.05) is 24.5 Å². The number of rotatable bonds is 6. The van der Waals surface area contributed by atoms with Gasteiger partial charge < -0.3 is 9.53 Å². The van der Waals surface area contributed by atoms with Crippen LogP contribution < -0.4 is 0 Å². The SMILES string of the molecule is CCOC(=O)c1cc(CCC=O)ccc1SC. The van der Waals surface area contributed by atoms with Crippen molar-refractivity contribution in [3.63, 3.8) is 0 Å². The molecule has 0 aliphatic rings. The summed E-state index contributed by atoms with van der Waals surface area (Å²) in [6, 6.07) is 5.66. The van der Waals surface area contributed by atoms with Crippen molar-refractivity contribution in [2.45, 2.75) is 24.7 Å². The zero-order valence-electron chi connectivity index (χ0n) is 10.1. The quantitative estimate of drug-likeness (QED) is 0.443. The Balaban J connectivity index is 2.97. The van der Waals surface area contributed by atoms with Crippen LogP contribution in [0.5, 0.6) is 0 Å². The summed E-state index contributed by atoms with van der Waals surface area (Å²) in [6.07, 6.45) is 3.93. The lowest BCUT2D eigenvalue weighted by atomic mass is 10.1. The average Bonchev–Trinajstić information content (AvgIpc) is 2.36. The van der Waals surface area contributed by atoms with Gasteiger partial charge in [-0.05, 0) is 37.3 Å². The summed E-state index contributed by atoms with van der Waals surface area (Å²) in [5.74, 6) is -0.301. The smallest absolute Gasteiger partial charge is 0.339 e. The number of benzene rings is 1. The van der Waals surface area contributed by atoms with Gasteiger partial charge in [0, 0.05) is 11.3 Å². The van der Waals surface area contributed by atoms with Crippen molar-refractivity contribution in [3.05, 3.63) is 29.3 Å². The van der Waals surface area contributed by atoms with Crippen molar-refractivity contribution in [3.8, 4) is 0 Å². The number of hydrogen-bond donors (Lipinski definition) is 0. The Hall–Kier alpha value is -1.29. The van der Waals surface area contributed by atoms with Crippen LogP contribution in [-0.2, 0) is 16.0 Å². The van der Waals surface area contributed by atoms with Gasteiger partial charge in [-0.3, -0.25) is 0 Å². The molecule has 0 heterocycles. The highest BCUT2D eigenvalue weighted by atomic mass is 32.2. The van der Waals surface area contributed by atoms with Crippen LogP contribution in [0.2, 0.25) is 0 Å². The Morgan fingerprint density at radius 1 is 1.47 bits per heavy atom. The second kappa shape index (κ2) is 7.12. The number of carbonyl (C=O) groups excluding carboxylic acids is 2. The minimum atomic E-state index is -0.301. The molecule has 0 unspecified atom stereocenters. The minimum Gasteiger partial charge on any atom is -0.462 e. The maximum absolute atomic E-state index is 11.7. The Morgan fingerprint density at radius 2 is 2.24 bits per heavy atom. The summed E-state index contributed by atoms with van der Waals surface area (Å²) in [6.45, 7) is 2.15. The van der Waals surface area contributed by atoms with Crippen molar-refractivity contribution in [1.29, 1.82) is 0 Å². The largest absolute Gasteiger partial charge is 0.462 e. The van der Waals surface area contributed by atoms with E-state index in [9.17, 15) is 9.59 Å². The summed E-state index contributed by atoms with van der Waals surface area (Å²) in [5.41, 5.74) is 1.57. The predicted molar refractivity (Wildman–Crippen MR) is 68.6 cm³/mol. The molecule has 0 saturated carbocycles. The Labute approximate surface area is 106 Å². The first-order valence-corrected chi connectivity index (χ1v) is 6.73. The van der Waals surface area contributed by atoms with Crippen LogP contribution in [0, 0.1) is 0 Å². The van der Waals surface area contributed by atoms with Gasteiger partial charge >= 0.3 is 5.97 Å². The molecule has 3 nitrogen and oxygen atoms in total. The van der Waals surface area contributed by atoms with Gasteiger partial charge in [-0.15, -0.1) is 11.8 Å². The molecule has 0 N–H and O–H groups in total. The van der Waals surface area contributed by atoms with Crippen LogP contribution >= 0.6 is 11.8 Å². The molecule has 1 rings (SSSR count). The lowest BCUT2D eigenvalue weighted by Gasteiger charge is -2.08. The van der Waals surface area contributed by atoms with E-state index < -0.39 is 0 Å². The molecular formula is C13H16O3S. The molecule has 0 atom stereocenters. The molecule has 0 radical (unpaired) electrons. The summed E-state index contributed by atoms with van der Waals surface area (Å²) in [5, 5.41) is 0. The molecule has 17 heavy (non-hydrogen) atoms. The van der Waals surface area contributed by atoms with E-state index in [2.05, 4.69) is 0 Å². The van der Waals surface area contributed by atoms with Gasteiger partial charge in [-0.25, -0.2) is 4.79 Å². The van der Waals surface area contributed by atoms with E-state index in [-0.39, 0.29) is 5.97 Å². The lowest BCUT2D eigenvalue weighted by molar-refractivity contribution is -0.107. The van der Waals surface area contributed by atoms with E-state index in [4.69, 9.17) is 4.74 Å². The molecule has 0 aliphatic carbocycles. The Kier molecular flexibility index (Phi) is 5.77. The van der Waals surface area contributed by atoms with Crippen molar-refractivity contribution in [2.24, 2.45) is 0 Å².